The number of carbonyl (C=O) groups excluding carboxylic acids is 1. The largest absolute Gasteiger partial charge is 0.296 e. The number of aromatic nitrogens is 3. The first-order chi connectivity index (χ1) is 10.7. The molecule has 1 aliphatic carbocycles. The SMILES string of the molecule is CC(C)(C)CC(=O)Nc1nc2ccc(Cl)nc2n1C1CC(F)C1. The number of imidazole rings is 1. The van der Waals surface area contributed by atoms with Crippen LogP contribution in [-0.2, 0) is 4.79 Å². The molecule has 0 bridgehead atoms. The molecule has 0 spiro atoms. The molecule has 1 aliphatic rings. The fourth-order valence-corrected chi connectivity index (χ4v) is 2.91. The minimum atomic E-state index is -0.810. The average molecular weight is 339 g/mol. The van der Waals surface area contributed by atoms with Crippen molar-refractivity contribution in [2.75, 3.05) is 5.32 Å². The molecule has 0 aromatic carbocycles. The van der Waals surface area contributed by atoms with Gasteiger partial charge in [-0.05, 0) is 30.4 Å². The van der Waals surface area contributed by atoms with Gasteiger partial charge < -0.3 is 0 Å². The zero-order chi connectivity index (χ0) is 16.8. The van der Waals surface area contributed by atoms with Gasteiger partial charge in [0.25, 0.3) is 0 Å². The van der Waals surface area contributed by atoms with Crippen molar-refractivity contribution in [2.24, 2.45) is 5.41 Å². The summed E-state index contributed by atoms with van der Waals surface area (Å²) < 4.78 is 15.1. The Morgan fingerprint density at radius 3 is 2.70 bits per heavy atom. The van der Waals surface area contributed by atoms with Gasteiger partial charge in [0, 0.05) is 12.5 Å². The molecule has 1 fully saturated rings. The van der Waals surface area contributed by atoms with Gasteiger partial charge in [-0.25, -0.2) is 14.4 Å². The number of amides is 1. The van der Waals surface area contributed by atoms with Crippen LogP contribution in [0.5, 0.6) is 0 Å². The van der Waals surface area contributed by atoms with Crippen LogP contribution in [0, 0.1) is 5.41 Å². The molecule has 1 saturated carbocycles. The van der Waals surface area contributed by atoms with E-state index in [1.54, 1.807) is 16.7 Å². The maximum atomic E-state index is 13.3. The number of alkyl halides is 1. The second kappa shape index (κ2) is 5.74. The number of pyridine rings is 1. The van der Waals surface area contributed by atoms with Gasteiger partial charge in [0.15, 0.2) is 5.65 Å². The maximum absolute atomic E-state index is 13.3. The van der Waals surface area contributed by atoms with Crippen molar-refractivity contribution in [3.05, 3.63) is 17.3 Å². The summed E-state index contributed by atoms with van der Waals surface area (Å²) in [6.07, 6.45) is 0.374. The second-order valence-electron chi connectivity index (χ2n) is 7.29. The van der Waals surface area contributed by atoms with Gasteiger partial charge in [-0.3, -0.25) is 14.7 Å². The molecule has 2 aromatic rings. The van der Waals surface area contributed by atoms with Crippen LogP contribution >= 0.6 is 11.6 Å². The normalized spacial score (nSPS) is 21.3. The van der Waals surface area contributed by atoms with Gasteiger partial charge >= 0.3 is 0 Å². The van der Waals surface area contributed by atoms with Crippen LogP contribution in [0.15, 0.2) is 12.1 Å². The van der Waals surface area contributed by atoms with Gasteiger partial charge in [-0.2, -0.15) is 0 Å². The van der Waals surface area contributed by atoms with Crippen LogP contribution in [0.2, 0.25) is 5.15 Å². The Balaban J connectivity index is 1.95. The third-order valence-corrected chi connectivity index (χ3v) is 4.08. The number of carbonyl (C=O) groups is 1. The number of nitrogens with zero attached hydrogens (tertiary/aromatic N) is 3. The molecule has 0 unspecified atom stereocenters. The van der Waals surface area contributed by atoms with E-state index in [4.69, 9.17) is 11.6 Å². The van der Waals surface area contributed by atoms with Gasteiger partial charge in [-0.1, -0.05) is 32.4 Å². The van der Waals surface area contributed by atoms with Crippen LogP contribution in [-0.4, -0.2) is 26.6 Å². The molecule has 0 radical (unpaired) electrons. The summed E-state index contributed by atoms with van der Waals surface area (Å²) in [4.78, 5) is 21.0. The summed E-state index contributed by atoms with van der Waals surface area (Å²) in [7, 11) is 0. The molecule has 0 aliphatic heterocycles. The molecule has 0 saturated heterocycles. The van der Waals surface area contributed by atoms with Gasteiger partial charge in [0.05, 0.1) is 0 Å². The third kappa shape index (κ3) is 3.47. The molecule has 2 heterocycles. The van der Waals surface area contributed by atoms with Crippen LogP contribution in [0.25, 0.3) is 11.2 Å². The summed E-state index contributed by atoms with van der Waals surface area (Å²) in [6, 6.07) is 3.36. The van der Waals surface area contributed by atoms with Crippen LogP contribution < -0.4 is 5.32 Å². The van der Waals surface area contributed by atoms with E-state index < -0.39 is 6.17 Å². The molecule has 23 heavy (non-hydrogen) atoms. The quantitative estimate of drug-likeness (QED) is 0.856. The second-order valence-corrected chi connectivity index (χ2v) is 7.68. The summed E-state index contributed by atoms with van der Waals surface area (Å²) >= 11 is 5.97. The van der Waals surface area contributed by atoms with E-state index in [0.29, 0.717) is 41.5 Å². The lowest BCUT2D eigenvalue weighted by atomic mass is 9.90. The highest BCUT2D eigenvalue weighted by atomic mass is 35.5. The first kappa shape index (κ1) is 16.2. The summed E-state index contributed by atoms with van der Waals surface area (Å²) in [5.41, 5.74) is 1.10. The number of anilines is 1. The molecular formula is C16H20ClFN4O. The highest BCUT2D eigenvalue weighted by Gasteiger charge is 2.34. The molecule has 3 rings (SSSR count). The number of fused-ring (bicyclic) bond motifs is 1. The minimum absolute atomic E-state index is 0.0501. The molecule has 2 aromatic heterocycles. The van der Waals surface area contributed by atoms with Crippen molar-refractivity contribution in [1.29, 1.82) is 0 Å². The van der Waals surface area contributed by atoms with Crippen molar-refractivity contribution in [2.45, 2.75) is 52.2 Å². The topological polar surface area (TPSA) is 59.8 Å². The van der Waals surface area contributed by atoms with Gasteiger partial charge in [0.1, 0.15) is 16.8 Å². The number of rotatable bonds is 3. The lowest BCUT2D eigenvalue weighted by molar-refractivity contribution is -0.117. The predicted octanol–water partition coefficient (Wildman–Crippen LogP) is 4.13. The van der Waals surface area contributed by atoms with E-state index in [1.165, 1.54) is 0 Å². The molecule has 1 amide bonds. The standard InChI is InChI=1S/C16H20ClFN4O/c1-16(2,3)8-13(23)21-15-19-11-4-5-12(17)20-14(11)22(15)10-6-9(18)7-10/h4-5,9-10H,6-8H2,1-3H3,(H,19,21,23). The lowest BCUT2D eigenvalue weighted by Gasteiger charge is -2.32. The van der Waals surface area contributed by atoms with E-state index in [0.717, 1.165) is 0 Å². The Labute approximate surface area is 139 Å². The van der Waals surface area contributed by atoms with E-state index >= 15 is 0 Å². The highest BCUT2D eigenvalue weighted by molar-refractivity contribution is 6.29. The number of hydrogen-bond donors (Lipinski definition) is 1. The third-order valence-electron chi connectivity index (χ3n) is 3.87. The van der Waals surface area contributed by atoms with Crippen molar-refractivity contribution >= 4 is 34.6 Å². The van der Waals surface area contributed by atoms with E-state index in [2.05, 4.69) is 15.3 Å². The average Bonchev–Trinajstić information content (AvgIpc) is 2.69. The Hall–Kier alpha value is -1.69. The summed E-state index contributed by atoms with van der Waals surface area (Å²) in [5.74, 6) is 0.303. The van der Waals surface area contributed by atoms with E-state index in [-0.39, 0.29) is 17.4 Å². The van der Waals surface area contributed by atoms with Crippen molar-refractivity contribution < 1.29 is 9.18 Å². The number of hydrogen-bond acceptors (Lipinski definition) is 3. The van der Waals surface area contributed by atoms with Crippen LogP contribution in [0.1, 0.15) is 46.1 Å². The molecule has 5 nitrogen and oxygen atoms in total. The smallest absolute Gasteiger partial charge is 0.227 e. The molecule has 7 heteroatoms. The van der Waals surface area contributed by atoms with Gasteiger partial charge in [0.2, 0.25) is 11.9 Å². The molecular weight excluding hydrogens is 319 g/mol. The van der Waals surface area contributed by atoms with Gasteiger partial charge in [-0.15, -0.1) is 0 Å². The molecule has 124 valence electrons. The minimum Gasteiger partial charge on any atom is -0.296 e. The number of nitrogens with one attached hydrogen (secondary N) is 1. The Kier molecular flexibility index (Phi) is 4.04. The Morgan fingerprint density at radius 1 is 1.39 bits per heavy atom. The fraction of sp³-hybridized carbons (Fsp3) is 0.562. The van der Waals surface area contributed by atoms with Crippen molar-refractivity contribution in [1.82, 2.24) is 14.5 Å². The predicted molar refractivity (Wildman–Crippen MR) is 88.4 cm³/mol. The Morgan fingerprint density at radius 2 is 2.09 bits per heavy atom. The fourth-order valence-electron chi connectivity index (χ4n) is 2.77. The zero-order valence-electron chi connectivity index (χ0n) is 13.4. The van der Waals surface area contributed by atoms with E-state index in [1.807, 2.05) is 20.8 Å². The summed E-state index contributed by atoms with van der Waals surface area (Å²) in [6.45, 7) is 5.99. The molecule has 0 atom stereocenters. The van der Waals surface area contributed by atoms with Crippen LogP contribution in [0.3, 0.4) is 0 Å². The van der Waals surface area contributed by atoms with Crippen LogP contribution in [0.4, 0.5) is 10.3 Å². The Bertz CT molecular complexity index is 746. The first-order valence-electron chi connectivity index (χ1n) is 7.71. The first-order valence-corrected chi connectivity index (χ1v) is 8.09. The van der Waals surface area contributed by atoms with Crippen molar-refractivity contribution in [3.63, 3.8) is 0 Å². The lowest BCUT2D eigenvalue weighted by Crippen LogP contribution is -2.30. The molecule has 1 N–H and O–H groups in total. The monoisotopic (exact) mass is 338 g/mol. The zero-order valence-corrected chi connectivity index (χ0v) is 14.2. The van der Waals surface area contributed by atoms with E-state index in [9.17, 15) is 9.18 Å². The highest BCUT2D eigenvalue weighted by Crippen LogP contribution is 2.39. The van der Waals surface area contributed by atoms with Crippen molar-refractivity contribution in [3.8, 4) is 0 Å². The maximum Gasteiger partial charge on any atom is 0.227 e. The summed E-state index contributed by atoms with van der Waals surface area (Å²) in [5, 5.41) is 3.20. The number of halogens is 2.